The molecule has 1 atom stereocenters. The first-order chi connectivity index (χ1) is 16.0. The lowest BCUT2D eigenvalue weighted by molar-refractivity contribution is 0.137. The maximum absolute atomic E-state index is 13.3. The molecule has 8 heteroatoms. The van der Waals surface area contributed by atoms with E-state index in [1.54, 1.807) is 10.6 Å². The summed E-state index contributed by atoms with van der Waals surface area (Å²) in [5, 5.41) is 10.8. The minimum absolute atomic E-state index is 0.0520. The van der Waals surface area contributed by atoms with E-state index in [0.29, 0.717) is 25.2 Å². The molecule has 1 aromatic carbocycles. The third-order valence-electron chi connectivity index (χ3n) is 5.85. The Morgan fingerprint density at radius 1 is 1.09 bits per heavy atom. The second-order valence-corrected chi connectivity index (χ2v) is 8.73. The Morgan fingerprint density at radius 3 is 2.55 bits per heavy atom. The molecule has 0 bridgehead atoms. The lowest BCUT2D eigenvalue weighted by Crippen LogP contribution is -2.43. The van der Waals surface area contributed by atoms with Gasteiger partial charge in [0.1, 0.15) is 0 Å². The summed E-state index contributed by atoms with van der Waals surface area (Å²) in [6.45, 7) is 6.51. The molecule has 1 unspecified atom stereocenters. The van der Waals surface area contributed by atoms with Crippen LogP contribution in [0.4, 0.5) is 0 Å². The van der Waals surface area contributed by atoms with Crippen LogP contribution in [0.25, 0.3) is 11.2 Å². The van der Waals surface area contributed by atoms with Crippen LogP contribution >= 0.6 is 11.6 Å². The van der Waals surface area contributed by atoms with Gasteiger partial charge in [0.05, 0.1) is 12.6 Å². The van der Waals surface area contributed by atoms with Crippen LogP contribution in [0, 0.1) is 0 Å². The number of hydrogen-bond donors (Lipinski definition) is 1. The molecule has 0 aliphatic carbocycles. The molecular weight excluding hydrogens is 440 g/mol. The number of nitrogens with zero attached hydrogens (tertiary/aromatic N) is 4. The molecule has 0 aliphatic heterocycles. The number of imidazole rings is 1. The molecule has 1 N–H and O–H groups in total. The molecule has 3 aromatic rings. The van der Waals surface area contributed by atoms with Crippen molar-refractivity contribution in [1.29, 1.82) is 0 Å². The van der Waals surface area contributed by atoms with Gasteiger partial charge in [0.2, 0.25) is 5.28 Å². The molecule has 2 heterocycles. The number of unbranched alkanes of at least 4 members (excludes halogenated alkanes) is 3. The Morgan fingerprint density at radius 2 is 1.85 bits per heavy atom. The van der Waals surface area contributed by atoms with E-state index >= 15 is 0 Å². The van der Waals surface area contributed by atoms with Gasteiger partial charge < -0.3 is 9.67 Å². The van der Waals surface area contributed by atoms with Crippen LogP contribution < -0.4 is 11.2 Å². The van der Waals surface area contributed by atoms with Gasteiger partial charge in [-0.05, 0) is 42.8 Å². The van der Waals surface area contributed by atoms with Crippen LogP contribution in [-0.2, 0) is 26.1 Å². The van der Waals surface area contributed by atoms with Crippen molar-refractivity contribution in [2.75, 3.05) is 0 Å². The number of rotatable bonds is 13. The predicted molar refractivity (Wildman–Crippen MR) is 133 cm³/mol. The van der Waals surface area contributed by atoms with E-state index < -0.39 is 17.4 Å². The summed E-state index contributed by atoms with van der Waals surface area (Å²) in [6, 6.07) is 10.2. The topological polar surface area (TPSA) is 82.1 Å². The molecule has 0 fully saturated rings. The summed E-state index contributed by atoms with van der Waals surface area (Å²) >= 11 is 6.29. The van der Waals surface area contributed by atoms with E-state index in [0.717, 1.165) is 43.1 Å². The Balaban J connectivity index is 1.83. The normalized spacial score (nSPS) is 12.3. The smallest absolute Gasteiger partial charge is 0.332 e. The molecule has 0 saturated carbocycles. The van der Waals surface area contributed by atoms with Crippen molar-refractivity contribution in [2.45, 2.75) is 77.6 Å². The van der Waals surface area contributed by atoms with Crippen LogP contribution in [-0.4, -0.2) is 29.9 Å². The van der Waals surface area contributed by atoms with Crippen molar-refractivity contribution in [2.24, 2.45) is 0 Å². The Hall–Kier alpha value is -2.64. The third kappa shape index (κ3) is 6.03. The lowest BCUT2D eigenvalue weighted by atomic mass is 10.1. The van der Waals surface area contributed by atoms with Gasteiger partial charge in [-0.25, -0.2) is 4.79 Å². The summed E-state index contributed by atoms with van der Waals surface area (Å²) in [6.07, 6.45) is 6.77. The number of aliphatic hydroxyl groups excluding tert-OH is 1. The van der Waals surface area contributed by atoms with E-state index in [9.17, 15) is 14.7 Å². The van der Waals surface area contributed by atoms with E-state index in [-0.39, 0.29) is 17.3 Å². The van der Waals surface area contributed by atoms with Gasteiger partial charge in [0, 0.05) is 13.1 Å². The highest BCUT2D eigenvalue weighted by Gasteiger charge is 2.21. The minimum Gasteiger partial charge on any atom is -0.391 e. The SMILES string of the molecule is C=CCn1c(Cl)nc2c1c(=O)n(CC(O)CCCCc1ccccc1)c(=O)n2CCCCC. The Kier molecular flexibility index (Phi) is 9.09. The van der Waals surface area contributed by atoms with E-state index in [4.69, 9.17) is 11.6 Å². The van der Waals surface area contributed by atoms with Crippen molar-refractivity contribution in [1.82, 2.24) is 18.7 Å². The zero-order chi connectivity index (χ0) is 23.8. The van der Waals surface area contributed by atoms with Crippen molar-refractivity contribution in [3.8, 4) is 0 Å². The first-order valence-corrected chi connectivity index (χ1v) is 12.1. The van der Waals surface area contributed by atoms with Crippen molar-refractivity contribution in [3.05, 3.63) is 74.7 Å². The van der Waals surface area contributed by atoms with Crippen molar-refractivity contribution < 1.29 is 5.11 Å². The van der Waals surface area contributed by atoms with E-state index in [2.05, 4.69) is 30.6 Å². The third-order valence-corrected chi connectivity index (χ3v) is 6.14. The van der Waals surface area contributed by atoms with Crippen LogP contribution in [0.5, 0.6) is 0 Å². The molecule has 7 nitrogen and oxygen atoms in total. The van der Waals surface area contributed by atoms with Crippen molar-refractivity contribution in [3.63, 3.8) is 0 Å². The van der Waals surface area contributed by atoms with Gasteiger partial charge in [-0.3, -0.25) is 13.9 Å². The zero-order valence-corrected chi connectivity index (χ0v) is 20.0. The highest BCUT2D eigenvalue weighted by Crippen LogP contribution is 2.17. The van der Waals surface area contributed by atoms with E-state index in [1.165, 1.54) is 10.1 Å². The first kappa shape index (κ1) is 25.0. The second-order valence-electron chi connectivity index (χ2n) is 8.39. The summed E-state index contributed by atoms with van der Waals surface area (Å²) in [5.74, 6) is 0. The zero-order valence-electron chi connectivity index (χ0n) is 19.3. The number of benzene rings is 1. The maximum atomic E-state index is 13.3. The van der Waals surface area contributed by atoms with Gasteiger partial charge in [0.15, 0.2) is 11.2 Å². The molecule has 0 amide bonds. The minimum atomic E-state index is -0.793. The molecule has 0 saturated heterocycles. The highest BCUT2D eigenvalue weighted by atomic mass is 35.5. The molecule has 2 aromatic heterocycles. The monoisotopic (exact) mass is 472 g/mol. The summed E-state index contributed by atoms with van der Waals surface area (Å²) < 4.78 is 4.21. The number of hydrogen-bond acceptors (Lipinski definition) is 4. The fraction of sp³-hybridized carbons (Fsp3) is 0.480. The molecule has 33 heavy (non-hydrogen) atoms. The number of allylic oxidation sites excluding steroid dienone is 1. The largest absolute Gasteiger partial charge is 0.391 e. The van der Waals surface area contributed by atoms with Crippen LogP contribution in [0.1, 0.15) is 51.0 Å². The molecular formula is C25H33ClN4O3. The quantitative estimate of drug-likeness (QED) is 0.230. The average molecular weight is 473 g/mol. The molecule has 0 spiro atoms. The fourth-order valence-electron chi connectivity index (χ4n) is 4.10. The fourth-order valence-corrected chi connectivity index (χ4v) is 4.33. The molecule has 178 valence electrons. The summed E-state index contributed by atoms with van der Waals surface area (Å²) in [7, 11) is 0. The van der Waals surface area contributed by atoms with Gasteiger partial charge in [0.25, 0.3) is 5.56 Å². The number of aromatic nitrogens is 4. The van der Waals surface area contributed by atoms with Crippen LogP contribution in [0.2, 0.25) is 5.28 Å². The molecule has 3 rings (SSSR count). The number of halogens is 1. The van der Waals surface area contributed by atoms with E-state index in [1.807, 2.05) is 18.2 Å². The van der Waals surface area contributed by atoms with Crippen LogP contribution in [0.15, 0.2) is 52.6 Å². The summed E-state index contributed by atoms with van der Waals surface area (Å²) in [4.78, 5) is 30.8. The highest BCUT2D eigenvalue weighted by molar-refractivity contribution is 6.29. The second kappa shape index (κ2) is 12.0. The van der Waals surface area contributed by atoms with Gasteiger partial charge in [-0.2, -0.15) is 4.98 Å². The number of fused-ring (bicyclic) bond motifs is 1. The van der Waals surface area contributed by atoms with Gasteiger partial charge in [-0.1, -0.05) is 62.6 Å². The van der Waals surface area contributed by atoms with Gasteiger partial charge in [-0.15, -0.1) is 6.58 Å². The van der Waals surface area contributed by atoms with Gasteiger partial charge >= 0.3 is 5.69 Å². The van der Waals surface area contributed by atoms with Crippen LogP contribution in [0.3, 0.4) is 0 Å². The summed E-state index contributed by atoms with van der Waals surface area (Å²) in [5.41, 5.74) is 0.892. The Labute approximate surface area is 199 Å². The number of aliphatic hydroxyl groups is 1. The number of aryl methyl sites for hydroxylation is 2. The average Bonchev–Trinajstić information content (AvgIpc) is 3.13. The predicted octanol–water partition coefficient (Wildman–Crippen LogP) is 4.16. The lowest BCUT2D eigenvalue weighted by Gasteiger charge is -2.15. The molecule has 0 aliphatic rings. The first-order valence-electron chi connectivity index (χ1n) is 11.7. The molecule has 0 radical (unpaired) electrons. The Bertz CT molecular complexity index is 1180. The maximum Gasteiger partial charge on any atom is 0.332 e. The standard InChI is InChI=1S/C25H33ClN4O3/c1-3-5-11-17-29-22-21(28(16-4-2)24(26)27-22)23(32)30(25(29)33)18-20(31)15-10-9-14-19-12-7-6-8-13-19/h4,6-8,12-13,20,31H,2-3,5,9-11,14-18H2,1H3. The van der Waals surface area contributed by atoms with Crippen molar-refractivity contribution >= 4 is 22.8 Å².